The van der Waals surface area contributed by atoms with Gasteiger partial charge in [0.05, 0.1) is 18.8 Å². The number of rotatable bonds is 2. The van der Waals surface area contributed by atoms with E-state index in [1.165, 1.54) is 0 Å². The molecule has 7 heteroatoms. The number of hydrogen-bond acceptors (Lipinski definition) is 4. The normalized spacial score (nSPS) is 13.9. The highest BCUT2D eigenvalue weighted by atomic mass is 16.2. The van der Waals surface area contributed by atoms with Crippen LogP contribution in [0.3, 0.4) is 0 Å². The van der Waals surface area contributed by atoms with Crippen molar-refractivity contribution in [2.75, 3.05) is 11.9 Å². The van der Waals surface area contributed by atoms with Crippen molar-refractivity contribution in [3.63, 3.8) is 0 Å². The molecular formula is C14H17N5O2. The van der Waals surface area contributed by atoms with Crippen LogP contribution < -0.4 is 10.9 Å². The number of aryl methyl sites for hydroxylation is 1. The monoisotopic (exact) mass is 287 g/mol. The third-order valence-electron chi connectivity index (χ3n) is 3.55. The first-order valence-corrected chi connectivity index (χ1v) is 6.81. The van der Waals surface area contributed by atoms with E-state index in [-0.39, 0.29) is 11.5 Å². The number of anilines is 2. The standard InChI is InChI=1S/C14H17N5O2/c1-9-5-12(14(21)15-7-9)16-13-6-11-8-18(10(2)20)3-4-19(11)17-13/h5-7H,3-4,8H2,1-2H3,(H,15,21)(H,16,17). The van der Waals surface area contributed by atoms with E-state index in [4.69, 9.17) is 0 Å². The van der Waals surface area contributed by atoms with E-state index in [9.17, 15) is 9.59 Å². The Balaban J connectivity index is 1.84. The molecule has 0 bridgehead atoms. The Bertz CT molecular complexity index is 746. The van der Waals surface area contributed by atoms with Gasteiger partial charge in [-0.25, -0.2) is 0 Å². The SMILES string of the molecule is CC(=O)N1CCn2nc(Nc3cc(C)c[nH]c3=O)cc2C1. The molecule has 1 amide bonds. The lowest BCUT2D eigenvalue weighted by Gasteiger charge is -2.26. The molecule has 0 unspecified atom stereocenters. The number of carbonyl (C=O) groups is 1. The molecule has 0 aromatic carbocycles. The van der Waals surface area contributed by atoms with Gasteiger partial charge in [0.2, 0.25) is 5.91 Å². The molecule has 3 heterocycles. The topological polar surface area (TPSA) is 83.0 Å². The number of fused-ring (bicyclic) bond motifs is 1. The van der Waals surface area contributed by atoms with Gasteiger partial charge >= 0.3 is 0 Å². The van der Waals surface area contributed by atoms with E-state index < -0.39 is 0 Å². The first-order chi connectivity index (χ1) is 10.0. The number of pyridine rings is 1. The average Bonchev–Trinajstić information content (AvgIpc) is 2.84. The van der Waals surface area contributed by atoms with Crippen molar-refractivity contribution in [2.24, 2.45) is 0 Å². The molecule has 110 valence electrons. The second-order valence-electron chi connectivity index (χ2n) is 5.23. The Kier molecular flexibility index (Phi) is 3.25. The number of nitrogens with zero attached hydrogens (tertiary/aromatic N) is 3. The van der Waals surface area contributed by atoms with Crippen LogP contribution in [-0.4, -0.2) is 32.1 Å². The van der Waals surface area contributed by atoms with Gasteiger partial charge in [-0.05, 0) is 18.6 Å². The molecule has 21 heavy (non-hydrogen) atoms. The van der Waals surface area contributed by atoms with Crippen LogP contribution in [0.4, 0.5) is 11.5 Å². The van der Waals surface area contributed by atoms with Crippen LogP contribution in [-0.2, 0) is 17.9 Å². The molecule has 2 aromatic heterocycles. The minimum absolute atomic E-state index is 0.0621. The first-order valence-electron chi connectivity index (χ1n) is 6.81. The summed E-state index contributed by atoms with van der Waals surface area (Å²) in [6.45, 7) is 5.35. The van der Waals surface area contributed by atoms with Crippen molar-refractivity contribution in [2.45, 2.75) is 26.9 Å². The summed E-state index contributed by atoms with van der Waals surface area (Å²) in [5.41, 5.74) is 2.21. The Morgan fingerprint density at radius 2 is 2.19 bits per heavy atom. The summed E-state index contributed by atoms with van der Waals surface area (Å²) < 4.78 is 1.87. The Morgan fingerprint density at radius 1 is 1.38 bits per heavy atom. The van der Waals surface area contributed by atoms with Crippen LogP contribution >= 0.6 is 0 Å². The van der Waals surface area contributed by atoms with E-state index in [0.29, 0.717) is 31.1 Å². The van der Waals surface area contributed by atoms with Gasteiger partial charge in [-0.3, -0.25) is 14.3 Å². The van der Waals surface area contributed by atoms with Gasteiger partial charge in [-0.15, -0.1) is 0 Å². The minimum atomic E-state index is -0.183. The fourth-order valence-electron chi connectivity index (χ4n) is 2.42. The average molecular weight is 287 g/mol. The van der Waals surface area contributed by atoms with E-state index >= 15 is 0 Å². The fourth-order valence-corrected chi connectivity index (χ4v) is 2.42. The molecule has 1 aliphatic heterocycles. The first kappa shape index (κ1) is 13.4. The summed E-state index contributed by atoms with van der Waals surface area (Å²) in [6, 6.07) is 3.65. The highest BCUT2D eigenvalue weighted by Crippen LogP contribution is 2.19. The van der Waals surface area contributed by atoms with Gasteiger partial charge in [0, 0.05) is 25.7 Å². The van der Waals surface area contributed by atoms with E-state index in [2.05, 4.69) is 15.4 Å². The number of amides is 1. The Morgan fingerprint density at radius 3 is 2.95 bits per heavy atom. The lowest BCUT2D eigenvalue weighted by molar-refractivity contribution is -0.130. The van der Waals surface area contributed by atoms with Crippen LogP contribution in [0.25, 0.3) is 0 Å². The Hall–Kier alpha value is -2.57. The molecule has 2 N–H and O–H groups in total. The molecular weight excluding hydrogens is 270 g/mol. The number of aromatic nitrogens is 3. The number of hydrogen-bond donors (Lipinski definition) is 2. The molecule has 0 spiro atoms. The lowest BCUT2D eigenvalue weighted by Crippen LogP contribution is -2.36. The molecule has 7 nitrogen and oxygen atoms in total. The van der Waals surface area contributed by atoms with Crippen LogP contribution in [0, 0.1) is 6.92 Å². The lowest BCUT2D eigenvalue weighted by atomic mass is 10.3. The molecule has 0 saturated heterocycles. The van der Waals surface area contributed by atoms with Crippen LogP contribution in [0.2, 0.25) is 0 Å². The molecule has 3 rings (SSSR count). The maximum Gasteiger partial charge on any atom is 0.271 e. The quantitative estimate of drug-likeness (QED) is 0.862. The second kappa shape index (κ2) is 5.08. The van der Waals surface area contributed by atoms with Gasteiger partial charge in [-0.1, -0.05) is 0 Å². The van der Waals surface area contributed by atoms with Gasteiger partial charge in [0.15, 0.2) is 5.82 Å². The molecule has 0 atom stereocenters. The largest absolute Gasteiger partial charge is 0.335 e. The van der Waals surface area contributed by atoms with Gasteiger partial charge in [0.1, 0.15) is 5.69 Å². The zero-order valence-corrected chi connectivity index (χ0v) is 12.0. The summed E-state index contributed by atoms with van der Waals surface area (Å²) in [4.78, 5) is 27.6. The van der Waals surface area contributed by atoms with Crippen molar-refractivity contribution in [1.29, 1.82) is 0 Å². The van der Waals surface area contributed by atoms with Crippen LogP contribution in [0.5, 0.6) is 0 Å². The van der Waals surface area contributed by atoms with Crippen molar-refractivity contribution < 1.29 is 4.79 Å². The summed E-state index contributed by atoms with van der Waals surface area (Å²) in [7, 11) is 0. The van der Waals surface area contributed by atoms with Crippen molar-refractivity contribution in [3.05, 3.63) is 39.9 Å². The van der Waals surface area contributed by atoms with E-state index in [1.807, 2.05) is 17.7 Å². The van der Waals surface area contributed by atoms with Gasteiger partial charge in [-0.2, -0.15) is 5.10 Å². The number of carbonyl (C=O) groups excluding carboxylic acids is 1. The van der Waals surface area contributed by atoms with Gasteiger partial charge < -0.3 is 15.2 Å². The zero-order valence-electron chi connectivity index (χ0n) is 12.0. The third-order valence-corrected chi connectivity index (χ3v) is 3.55. The maximum atomic E-state index is 11.8. The van der Waals surface area contributed by atoms with Gasteiger partial charge in [0.25, 0.3) is 5.56 Å². The van der Waals surface area contributed by atoms with Crippen molar-refractivity contribution in [1.82, 2.24) is 19.7 Å². The summed E-state index contributed by atoms with van der Waals surface area (Å²) in [6.07, 6.45) is 1.66. The molecule has 0 fully saturated rings. The molecule has 0 radical (unpaired) electrons. The smallest absolute Gasteiger partial charge is 0.271 e. The van der Waals surface area contributed by atoms with E-state index in [0.717, 1.165) is 11.3 Å². The number of nitrogens with one attached hydrogen (secondary N) is 2. The molecule has 0 aliphatic carbocycles. The number of H-pyrrole nitrogens is 1. The predicted octanol–water partition coefficient (Wildman–Crippen LogP) is 0.986. The summed E-state index contributed by atoms with van der Waals surface area (Å²) in [5, 5.41) is 7.46. The fraction of sp³-hybridized carbons (Fsp3) is 0.357. The summed E-state index contributed by atoms with van der Waals surface area (Å²) >= 11 is 0. The Labute approximate surface area is 121 Å². The zero-order chi connectivity index (χ0) is 15.0. The second-order valence-corrected chi connectivity index (χ2v) is 5.23. The summed E-state index contributed by atoms with van der Waals surface area (Å²) in [5.74, 6) is 0.679. The van der Waals surface area contributed by atoms with Crippen LogP contribution in [0.15, 0.2) is 23.1 Å². The minimum Gasteiger partial charge on any atom is -0.335 e. The molecule has 0 saturated carbocycles. The van der Waals surface area contributed by atoms with Crippen LogP contribution in [0.1, 0.15) is 18.2 Å². The highest BCUT2D eigenvalue weighted by Gasteiger charge is 2.20. The maximum absolute atomic E-state index is 11.8. The predicted molar refractivity (Wildman–Crippen MR) is 78.4 cm³/mol. The van der Waals surface area contributed by atoms with Crippen molar-refractivity contribution >= 4 is 17.4 Å². The molecule has 1 aliphatic rings. The number of aromatic amines is 1. The third kappa shape index (κ3) is 2.67. The van der Waals surface area contributed by atoms with Crippen molar-refractivity contribution in [3.8, 4) is 0 Å². The van der Waals surface area contributed by atoms with E-state index in [1.54, 1.807) is 24.1 Å². The highest BCUT2D eigenvalue weighted by molar-refractivity contribution is 5.73. The molecule has 2 aromatic rings.